The summed E-state index contributed by atoms with van der Waals surface area (Å²) in [6.45, 7) is 3.78. The molecule has 0 N–H and O–H groups in total. The van der Waals surface area contributed by atoms with Crippen molar-refractivity contribution >= 4 is 44.5 Å². The van der Waals surface area contributed by atoms with Crippen molar-refractivity contribution in [1.82, 2.24) is 9.80 Å². The molecule has 0 aliphatic carbocycles. The number of hydrogen-bond donors (Lipinski definition) is 0. The molecule has 9 nitrogen and oxygen atoms in total. The van der Waals surface area contributed by atoms with E-state index in [1.807, 2.05) is 21.9 Å². The zero-order valence-corrected chi connectivity index (χ0v) is 18.7. The fourth-order valence-electron chi connectivity index (χ4n) is 4.45. The highest BCUT2D eigenvalue weighted by Gasteiger charge is 2.35. The number of sulfonamides is 1. The van der Waals surface area contributed by atoms with E-state index in [4.69, 9.17) is 4.74 Å². The summed E-state index contributed by atoms with van der Waals surface area (Å²) in [6, 6.07) is 5.45. The third-order valence-electron chi connectivity index (χ3n) is 6.10. The molecule has 166 valence electrons. The van der Waals surface area contributed by atoms with Crippen molar-refractivity contribution in [1.29, 1.82) is 0 Å². The van der Waals surface area contributed by atoms with Gasteiger partial charge in [0.05, 0.1) is 30.6 Å². The maximum atomic E-state index is 13.2. The smallest absolute Gasteiger partial charge is 0.257 e. The van der Waals surface area contributed by atoms with Crippen molar-refractivity contribution in [2.75, 3.05) is 56.6 Å². The molecule has 4 aliphatic rings. The predicted molar refractivity (Wildman–Crippen MR) is 117 cm³/mol. The van der Waals surface area contributed by atoms with Gasteiger partial charge in [0.25, 0.3) is 15.9 Å². The van der Waals surface area contributed by atoms with Crippen LogP contribution in [0.2, 0.25) is 0 Å². The summed E-state index contributed by atoms with van der Waals surface area (Å²) in [5.41, 5.74) is 1.43. The molecule has 1 atom stereocenters. The number of carbonyl (C=O) groups excluding carboxylic acids is 2. The van der Waals surface area contributed by atoms with E-state index in [-0.39, 0.29) is 23.5 Å². The molecule has 2 amide bonds. The van der Waals surface area contributed by atoms with Crippen LogP contribution in [-0.2, 0) is 19.6 Å². The second-order valence-corrected chi connectivity index (χ2v) is 10.9. The van der Waals surface area contributed by atoms with E-state index in [1.165, 1.54) is 11.8 Å². The van der Waals surface area contributed by atoms with Crippen LogP contribution in [0.5, 0.6) is 0 Å². The minimum atomic E-state index is -3.42. The molecule has 31 heavy (non-hydrogen) atoms. The SMILES string of the molecule is O=C(c1ccc2c(c1)SC1=NS(=O)(=O)CCN12)N1CCCC(C(=O)N2CCOCC2)C1. The van der Waals surface area contributed by atoms with E-state index in [0.29, 0.717) is 56.7 Å². The van der Waals surface area contributed by atoms with E-state index in [9.17, 15) is 18.0 Å². The number of likely N-dealkylation sites (tertiary alicyclic amines) is 1. The first kappa shape index (κ1) is 20.8. The van der Waals surface area contributed by atoms with Crippen LogP contribution in [0.1, 0.15) is 23.2 Å². The molecule has 11 heteroatoms. The Bertz CT molecular complexity index is 1050. The van der Waals surface area contributed by atoms with Crippen molar-refractivity contribution in [3.05, 3.63) is 23.8 Å². The number of benzene rings is 1. The average Bonchev–Trinajstić information content (AvgIpc) is 3.14. The van der Waals surface area contributed by atoms with E-state index in [1.54, 1.807) is 11.0 Å². The molecule has 5 rings (SSSR count). The van der Waals surface area contributed by atoms with Gasteiger partial charge in [0.1, 0.15) is 0 Å². The summed E-state index contributed by atoms with van der Waals surface area (Å²) in [5, 5.41) is 0.444. The quantitative estimate of drug-likeness (QED) is 0.644. The molecule has 0 spiro atoms. The van der Waals surface area contributed by atoms with Crippen LogP contribution in [-0.4, -0.2) is 86.9 Å². The third kappa shape index (κ3) is 4.06. The molecule has 0 aromatic heterocycles. The van der Waals surface area contributed by atoms with Crippen LogP contribution in [0.15, 0.2) is 27.5 Å². The monoisotopic (exact) mass is 464 g/mol. The molecule has 4 aliphatic heterocycles. The van der Waals surface area contributed by atoms with Gasteiger partial charge in [-0.25, -0.2) is 8.42 Å². The lowest BCUT2D eigenvalue weighted by Gasteiger charge is -2.36. The van der Waals surface area contributed by atoms with Gasteiger partial charge in [0.15, 0.2) is 5.17 Å². The number of rotatable bonds is 2. The molecular weight excluding hydrogens is 440 g/mol. The van der Waals surface area contributed by atoms with Gasteiger partial charge < -0.3 is 19.4 Å². The largest absolute Gasteiger partial charge is 0.378 e. The molecule has 2 fully saturated rings. The Hall–Kier alpha value is -2.11. The molecule has 0 saturated carbocycles. The predicted octanol–water partition coefficient (Wildman–Crippen LogP) is 1.01. The van der Waals surface area contributed by atoms with E-state index in [2.05, 4.69) is 4.40 Å². The Labute approximate surface area is 185 Å². The standard InChI is InChI=1S/C20H24N4O5S2/c25-18(23-5-1-2-15(13-23)19(26)22-6-9-29-10-7-22)14-3-4-16-17(12-14)30-20-21-31(27,28)11-8-24(16)20/h3-4,12,15H,1-2,5-11,13H2. The summed E-state index contributed by atoms with van der Waals surface area (Å²) < 4.78 is 32.8. The summed E-state index contributed by atoms with van der Waals surface area (Å²) in [5.74, 6) is -0.166. The van der Waals surface area contributed by atoms with Gasteiger partial charge in [-0.3, -0.25) is 9.59 Å². The van der Waals surface area contributed by atoms with Gasteiger partial charge in [-0.15, -0.1) is 4.40 Å². The number of piperidine rings is 1. The number of ether oxygens (including phenoxy) is 1. The van der Waals surface area contributed by atoms with Gasteiger partial charge in [0, 0.05) is 43.2 Å². The van der Waals surface area contributed by atoms with E-state index >= 15 is 0 Å². The lowest BCUT2D eigenvalue weighted by atomic mass is 9.95. The van der Waals surface area contributed by atoms with E-state index < -0.39 is 10.0 Å². The summed E-state index contributed by atoms with van der Waals surface area (Å²) >= 11 is 1.28. The van der Waals surface area contributed by atoms with Crippen LogP contribution < -0.4 is 4.90 Å². The number of morpholine rings is 1. The van der Waals surface area contributed by atoms with Crippen molar-refractivity contribution < 1.29 is 22.7 Å². The second kappa shape index (κ2) is 8.10. The fraction of sp³-hybridized carbons (Fsp3) is 0.550. The Morgan fingerprint density at radius 2 is 1.90 bits per heavy atom. The molecule has 1 unspecified atom stereocenters. The summed E-state index contributed by atoms with van der Waals surface area (Å²) in [6.07, 6.45) is 1.60. The molecule has 0 radical (unpaired) electrons. The number of anilines is 1. The molecular formula is C20H24N4O5S2. The van der Waals surface area contributed by atoms with Crippen LogP contribution in [0.3, 0.4) is 0 Å². The number of amidine groups is 1. The number of thioether (sulfide) groups is 1. The highest BCUT2D eigenvalue weighted by molar-refractivity contribution is 8.15. The molecule has 0 bridgehead atoms. The normalized spacial score (nSPS) is 25.0. The highest BCUT2D eigenvalue weighted by Crippen LogP contribution is 2.42. The molecule has 1 aromatic carbocycles. The topological polar surface area (TPSA) is 99.6 Å². The minimum Gasteiger partial charge on any atom is -0.378 e. The first-order chi connectivity index (χ1) is 14.9. The Kier molecular flexibility index (Phi) is 5.43. The minimum absolute atomic E-state index is 0.0104. The Morgan fingerprint density at radius 3 is 2.71 bits per heavy atom. The average molecular weight is 465 g/mol. The van der Waals surface area contributed by atoms with Gasteiger partial charge in [-0.2, -0.15) is 0 Å². The van der Waals surface area contributed by atoms with Gasteiger partial charge in [0.2, 0.25) is 5.91 Å². The first-order valence-electron chi connectivity index (χ1n) is 10.5. The van der Waals surface area contributed by atoms with Crippen molar-refractivity contribution in [3.63, 3.8) is 0 Å². The number of carbonyl (C=O) groups is 2. The Morgan fingerprint density at radius 1 is 1.10 bits per heavy atom. The number of fused-ring (bicyclic) bond motifs is 3. The van der Waals surface area contributed by atoms with Crippen LogP contribution in [0.25, 0.3) is 0 Å². The second-order valence-electron chi connectivity index (χ2n) is 8.12. The number of hydrogen-bond acceptors (Lipinski definition) is 7. The molecule has 4 heterocycles. The zero-order chi connectivity index (χ0) is 21.6. The van der Waals surface area contributed by atoms with Crippen molar-refractivity contribution in [2.24, 2.45) is 10.3 Å². The summed E-state index contributed by atoms with van der Waals surface area (Å²) in [4.78, 5) is 32.4. The van der Waals surface area contributed by atoms with E-state index in [0.717, 1.165) is 23.4 Å². The third-order valence-corrected chi connectivity index (χ3v) is 8.41. The molecule has 1 aromatic rings. The van der Waals surface area contributed by atoms with Crippen LogP contribution >= 0.6 is 11.8 Å². The molecule has 2 saturated heterocycles. The van der Waals surface area contributed by atoms with Crippen LogP contribution in [0, 0.1) is 5.92 Å². The zero-order valence-electron chi connectivity index (χ0n) is 17.0. The van der Waals surface area contributed by atoms with Gasteiger partial charge in [-0.1, -0.05) is 0 Å². The lowest BCUT2D eigenvalue weighted by Crippen LogP contribution is -2.49. The van der Waals surface area contributed by atoms with Crippen LogP contribution in [0.4, 0.5) is 5.69 Å². The van der Waals surface area contributed by atoms with Crippen molar-refractivity contribution in [2.45, 2.75) is 17.7 Å². The maximum absolute atomic E-state index is 13.2. The van der Waals surface area contributed by atoms with Crippen molar-refractivity contribution in [3.8, 4) is 0 Å². The number of amides is 2. The fourth-order valence-corrected chi connectivity index (χ4v) is 6.75. The maximum Gasteiger partial charge on any atom is 0.257 e. The Balaban J connectivity index is 1.30. The highest BCUT2D eigenvalue weighted by atomic mass is 32.2. The number of nitrogens with zero attached hydrogens (tertiary/aromatic N) is 4. The summed E-state index contributed by atoms with van der Waals surface area (Å²) in [7, 11) is -3.42. The van der Waals surface area contributed by atoms with Gasteiger partial charge in [-0.05, 0) is 42.8 Å². The van der Waals surface area contributed by atoms with Gasteiger partial charge >= 0.3 is 0 Å². The lowest BCUT2D eigenvalue weighted by molar-refractivity contribution is -0.141. The first-order valence-corrected chi connectivity index (χ1v) is 12.9.